The number of allylic oxidation sites excluding steroid dienone is 1. The molecule has 0 spiro atoms. The molecule has 0 N–H and O–H groups in total. The lowest BCUT2D eigenvalue weighted by Crippen LogP contribution is -2.22. The summed E-state index contributed by atoms with van der Waals surface area (Å²) in [6.07, 6.45) is 2.80. The molecule has 0 amide bonds. The number of rotatable bonds is 5. The van der Waals surface area contributed by atoms with E-state index in [-0.39, 0.29) is 11.2 Å². The first kappa shape index (κ1) is 15.4. The topological polar surface area (TPSA) is 90.9 Å². The van der Waals surface area contributed by atoms with Crippen molar-refractivity contribution in [1.82, 2.24) is 14.5 Å². The molecular formula is C14H10N4O3S2. The third-order valence-corrected chi connectivity index (χ3v) is 4.74. The predicted molar refractivity (Wildman–Crippen MR) is 89.1 cm³/mol. The molecule has 7 nitrogen and oxygen atoms in total. The SMILES string of the molecule is C=CCn1c(Sc2ccc([N+](=O)[O-])cn2)nc2sccc2c1=O. The maximum atomic E-state index is 12.5. The lowest BCUT2D eigenvalue weighted by atomic mass is 10.4. The second-order valence-electron chi connectivity index (χ2n) is 4.45. The molecule has 0 aliphatic heterocycles. The minimum Gasteiger partial charge on any atom is -0.283 e. The van der Waals surface area contributed by atoms with Crippen LogP contribution in [0.5, 0.6) is 0 Å². The van der Waals surface area contributed by atoms with Gasteiger partial charge in [-0.15, -0.1) is 17.9 Å². The third kappa shape index (κ3) is 3.01. The van der Waals surface area contributed by atoms with Crippen LogP contribution in [0.3, 0.4) is 0 Å². The second-order valence-corrected chi connectivity index (χ2v) is 6.33. The number of thiophene rings is 1. The van der Waals surface area contributed by atoms with Gasteiger partial charge in [0, 0.05) is 12.6 Å². The molecule has 0 fully saturated rings. The van der Waals surface area contributed by atoms with Gasteiger partial charge >= 0.3 is 0 Å². The van der Waals surface area contributed by atoms with E-state index in [0.29, 0.717) is 26.9 Å². The highest BCUT2D eigenvalue weighted by atomic mass is 32.2. The number of aromatic nitrogens is 3. The summed E-state index contributed by atoms with van der Waals surface area (Å²) in [4.78, 5) is 31.8. The smallest absolute Gasteiger partial charge is 0.283 e. The van der Waals surface area contributed by atoms with Crippen molar-refractivity contribution < 1.29 is 4.92 Å². The van der Waals surface area contributed by atoms with Crippen LogP contribution in [0.2, 0.25) is 0 Å². The fourth-order valence-corrected chi connectivity index (χ4v) is 3.58. The molecule has 116 valence electrons. The van der Waals surface area contributed by atoms with Gasteiger partial charge in [-0.05, 0) is 29.3 Å². The maximum Gasteiger partial charge on any atom is 0.287 e. The zero-order valence-corrected chi connectivity index (χ0v) is 13.3. The van der Waals surface area contributed by atoms with Crippen LogP contribution in [0.15, 0.2) is 57.4 Å². The highest BCUT2D eigenvalue weighted by Gasteiger charge is 2.14. The molecule has 9 heteroatoms. The van der Waals surface area contributed by atoms with E-state index in [9.17, 15) is 14.9 Å². The van der Waals surface area contributed by atoms with E-state index in [1.54, 1.807) is 12.1 Å². The molecule has 0 unspecified atom stereocenters. The average Bonchev–Trinajstić information content (AvgIpc) is 3.00. The number of hydrogen-bond acceptors (Lipinski definition) is 7. The van der Waals surface area contributed by atoms with Crippen LogP contribution in [-0.4, -0.2) is 19.5 Å². The summed E-state index contributed by atoms with van der Waals surface area (Å²) in [5.74, 6) is 0. The first-order valence-corrected chi connectivity index (χ1v) is 8.17. The van der Waals surface area contributed by atoms with Gasteiger partial charge in [0.2, 0.25) is 0 Å². The minimum atomic E-state index is -0.509. The van der Waals surface area contributed by atoms with Crippen LogP contribution in [0, 0.1) is 10.1 Å². The Morgan fingerprint density at radius 2 is 2.26 bits per heavy atom. The van der Waals surface area contributed by atoms with E-state index in [1.807, 2.05) is 5.38 Å². The van der Waals surface area contributed by atoms with Gasteiger partial charge in [-0.2, -0.15) is 0 Å². The Morgan fingerprint density at radius 3 is 2.91 bits per heavy atom. The van der Waals surface area contributed by atoms with E-state index in [2.05, 4.69) is 16.5 Å². The molecule has 0 aliphatic carbocycles. The highest BCUT2D eigenvalue weighted by molar-refractivity contribution is 7.99. The van der Waals surface area contributed by atoms with Gasteiger partial charge in [0.05, 0.1) is 10.3 Å². The molecule has 3 aromatic heterocycles. The molecule has 0 saturated heterocycles. The van der Waals surface area contributed by atoms with Crippen molar-refractivity contribution in [2.75, 3.05) is 0 Å². The van der Waals surface area contributed by atoms with Crippen molar-refractivity contribution >= 4 is 39.0 Å². The van der Waals surface area contributed by atoms with Crippen molar-refractivity contribution in [1.29, 1.82) is 0 Å². The molecule has 0 saturated carbocycles. The molecule has 3 heterocycles. The summed E-state index contributed by atoms with van der Waals surface area (Å²) in [5, 5.41) is 14.0. The van der Waals surface area contributed by atoms with Crippen LogP contribution < -0.4 is 5.56 Å². The zero-order valence-electron chi connectivity index (χ0n) is 11.7. The first-order valence-electron chi connectivity index (χ1n) is 6.47. The maximum absolute atomic E-state index is 12.5. The van der Waals surface area contributed by atoms with Gasteiger partial charge in [0.1, 0.15) is 16.1 Å². The van der Waals surface area contributed by atoms with Gasteiger partial charge in [-0.3, -0.25) is 19.5 Å². The summed E-state index contributed by atoms with van der Waals surface area (Å²) in [5.41, 5.74) is -0.222. The summed E-state index contributed by atoms with van der Waals surface area (Å²) in [7, 11) is 0. The van der Waals surface area contributed by atoms with Gasteiger partial charge < -0.3 is 0 Å². The van der Waals surface area contributed by atoms with Crippen LogP contribution >= 0.6 is 23.1 Å². The lowest BCUT2D eigenvalue weighted by molar-refractivity contribution is -0.385. The van der Waals surface area contributed by atoms with Crippen LogP contribution in [-0.2, 0) is 6.54 Å². The van der Waals surface area contributed by atoms with Crippen LogP contribution in [0.1, 0.15) is 0 Å². The molecule has 23 heavy (non-hydrogen) atoms. The van der Waals surface area contributed by atoms with Crippen molar-refractivity contribution in [3.8, 4) is 0 Å². The van der Waals surface area contributed by atoms with Crippen LogP contribution in [0.4, 0.5) is 5.69 Å². The first-order chi connectivity index (χ1) is 11.1. The number of nitro groups is 1. The second kappa shape index (κ2) is 6.31. The van der Waals surface area contributed by atoms with Gasteiger partial charge in [0.15, 0.2) is 5.16 Å². The molecule has 0 aromatic carbocycles. The molecule has 0 aliphatic rings. The summed E-state index contributed by atoms with van der Waals surface area (Å²) in [6.45, 7) is 3.99. The summed E-state index contributed by atoms with van der Waals surface area (Å²) in [6, 6.07) is 4.65. The Morgan fingerprint density at radius 1 is 1.43 bits per heavy atom. The molecule has 3 rings (SSSR count). The Kier molecular flexibility index (Phi) is 4.22. The average molecular weight is 346 g/mol. The molecule has 0 radical (unpaired) electrons. The lowest BCUT2D eigenvalue weighted by Gasteiger charge is -2.09. The van der Waals surface area contributed by atoms with E-state index >= 15 is 0 Å². The van der Waals surface area contributed by atoms with Crippen molar-refractivity contribution in [3.05, 3.63) is 62.9 Å². The highest BCUT2D eigenvalue weighted by Crippen LogP contribution is 2.27. The number of fused-ring (bicyclic) bond motifs is 1. The van der Waals surface area contributed by atoms with E-state index in [1.165, 1.54) is 46.0 Å². The largest absolute Gasteiger partial charge is 0.287 e. The zero-order chi connectivity index (χ0) is 16.4. The Balaban J connectivity index is 2.04. The van der Waals surface area contributed by atoms with E-state index < -0.39 is 4.92 Å². The third-order valence-electron chi connectivity index (χ3n) is 2.99. The van der Waals surface area contributed by atoms with Gasteiger partial charge in [-0.25, -0.2) is 9.97 Å². The predicted octanol–water partition coefficient (Wildman–Crippen LogP) is 3.10. The quantitative estimate of drug-likeness (QED) is 0.305. The normalized spacial score (nSPS) is 10.8. The standard InChI is InChI=1S/C14H10N4O3S2/c1-2-6-17-13(19)10-5-7-22-12(10)16-14(17)23-11-4-3-9(8-15-11)18(20)21/h2-5,7-8H,1,6H2. The van der Waals surface area contributed by atoms with Crippen molar-refractivity contribution in [3.63, 3.8) is 0 Å². The van der Waals surface area contributed by atoms with E-state index in [4.69, 9.17) is 0 Å². The van der Waals surface area contributed by atoms with Crippen molar-refractivity contribution in [2.24, 2.45) is 0 Å². The molecule has 3 aromatic rings. The Hall–Kier alpha value is -2.52. The number of nitrogens with zero attached hydrogens (tertiary/aromatic N) is 4. The summed E-state index contributed by atoms with van der Waals surface area (Å²) < 4.78 is 1.51. The van der Waals surface area contributed by atoms with E-state index in [0.717, 1.165) is 0 Å². The summed E-state index contributed by atoms with van der Waals surface area (Å²) >= 11 is 2.57. The van der Waals surface area contributed by atoms with Crippen molar-refractivity contribution in [2.45, 2.75) is 16.7 Å². The molecular weight excluding hydrogens is 336 g/mol. The number of pyridine rings is 1. The fraction of sp³-hybridized carbons (Fsp3) is 0.0714. The minimum absolute atomic E-state index is 0.0838. The Bertz CT molecular complexity index is 947. The molecule has 0 bridgehead atoms. The monoisotopic (exact) mass is 346 g/mol. The van der Waals surface area contributed by atoms with Gasteiger partial charge in [-0.1, -0.05) is 6.08 Å². The molecule has 0 atom stereocenters. The number of hydrogen-bond donors (Lipinski definition) is 0. The Labute approximate surface area is 138 Å². The fourth-order valence-electron chi connectivity index (χ4n) is 1.93. The van der Waals surface area contributed by atoms with Crippen LogP contribution in [0.25, 0.3) is 10.2 Å². The van der Waals surface area contributed by atoms with Gasteiger partial charge in [0.25, 0.3) is 11.2 Å².